The third-order valence-corrected chi connectivity index (χ3v) is 2.96. The van der Waals surface area contributed by atoms with Crippen LogP contribution in [-0.4, -0.2) is 18.1 Å². The summed E-state index contributed by atoms with van der Waals surface area (Å²) in [5.74, 6) is 0.920. The molecule has 80 valence electrons. The minimum Gasteiger partial charge on any atom is -0.494 e. The first-order chi connectivity index (χ1) is 7.40. The second-order valence-corrected chi connectivity index (χ2v) is 4.21. The Hall–Kier alpha value is -1.13. The predicted molar refractivity (Wildman–Crippen MR) is 63.4 cm³/mol. The van der Waals surface area contributed by atoms with Crippen molar-refractivity contribution in [1.82, 2.24) is 4.98 Å². The molecule has 0 saturated carbocycles. The second kappa shape index (κ2) is 5.09. The SMILES string of the molecule is NCCCCOc1ccc2ncsc2c1. The van der Waals surface area contributed by atoms with E-state index in [-0.39, 0.29) is 0 Å². The number of nitrogens with two attached hydrogens (primary N) is 1. The van der Waals surface area contributed by atoms with Crippen LogP contribution in [-0.2, 0) is 0 Å². The van der Waals surface area contributed by atoms with Gasteiger partial charge in [-0.3, -0.25) is 0 Å². The summed E-state index contributed by atoms with van der Waals surface area (Å²) in [4.78, 5) is 4.22. The molecule has 0 aliphatic rings. The highest BCUT2D eigenvalue weighted by Crippen LogP contribution is 2.23. The van der Waals surface area contributed by atoms with Gasteiger partial charge in [0.05, 0.1) is 22.3 Å². The van der Waals surface area contributed by atoms with E-state index in [0.717, 1.165) is 37.3 Å². The van der Waals surface area contributed by atoms with Gasteiger partial charge in [-0.05, 0) is 37.6 Å². The third kappa shape index (κ3) is 2.67. The molecule has 0 amide bonds. The van der Waals surface area contributed by atoms with Gasteiger partial charge in [0, 0.05) is 0 Å². The number of rotatable bonds is 5. The molecule has 0 bridgehead atoms. The maximum Gasteiger partial charge on any atom is 0.120 e. The Morgan fingerprint density at radius 3 is 3.13 bits per heavy atom. The first-order valence-electron chi connectivity index (χ1n) is 5.06. The average Bonchev–Trinajstić information content (AvgIpc) is 2.71. The molecule has 0 aliphatic heterocycles. The lowest BCUT2D eigenvalue weighted by Gasteiger charge is -2.04. The van der Waals surface area contributed by atoms with E-state index >= 15 is 0 Å². The monoisotopic (exact) mass is 222 g/mol. The normalized spacial score (nSPS) is 10.7. The number of hydrogen-bond donors (Lipinski definition) is 1. The van der Waals surface area contributed by atoms with Gasteiger partial charge in [0.15, 0.2) is 0 Å². The van der Waals surface area contributed by atoms with Crippen LogP contribution in [0.2, 0.25) is 0 Å². The average molecular weight is 222 g/mol. The molecule has 3 nitrogen and oxygen atoms in total. The first-order valence-corrected chi connectivity index (χ1v) is 5.94. The van der Waals surface area contributed by atoms with Gasteiger partial charge in [0.1, 0.15) is 5.75 Å². The van der Waals surface area contributed by atoms with Crippen molar-refractivity contribution in [1.29, 1.82) is 0 Å². The van der Waals surface area contributed by atoms with Crippen LogP contribution in [0.1, 0.15) is 12.8 Å². The predicted octanol–water partition coefficient (Wildman–Crippen LogP) is 2.41. The Labute approximate surface area is 92.9 Å². The molecule has 0 radical (unpaired) electrons. The Balaban J connectivity index is 1.96. The highest BCUT2D eigenvalue weighted by Gasteiger charge is 1.99. The Kier molecular flexibility index (Phi) is 3.53. The van der Waals surface area contributed by atoms with Crippen molar-refractivity contribution in [2.24, 2.45) is 5.73 Å². The molecule has 2 aromatic rings. The van der Waals surface area contributed by atoms with E-state index in [1.807, 2.05) is 23.7 Å². The van der Waals surface area contributed by atoms with Crippen molar-refractivity contribution in [3.8, 4) is 5.75 Å². The number of ether oxygens (including phenoxy) is 1. The van der Waals surface area contributed by atoms with Crippen LogP contribution in [0.5, 0.6) is 5.75 Å². The summed E-state index contributed by atoms with van der Waals surface area (Å²) in [5, 5.41) is 0. The molecule has 2 rings (SSSR count). The minimum atomic E-state index is 0.733. The standard InChI is InChI=1S/C11H14N2OS/c12-5-1-2-6-14-9-3-4-10-11(7-9)15-8-13-10/h3-4,7-8H,1-2,5-6,12H2. The summed E-state index contributed by atoms with van der Waals surface area (Å²) in [6.07, 6.45) is 2.03. The number of benzene rings is 1. The van der Waals surface area contributed by atoms with Crippen LogP contribution in [0.3, 0.4) is 0 Å². The van der Waals surface area contributed by atoms with Crippen molar-refractivity contribution < 1.29 is 4.74 Å². The lowest BCUT2D eigenvalue weighted by atomic mass is 10.3. The van der Waals surface area contributed by atoms with Crippen molar-refractivity contribution in [3.05, 3.63) is 23.7 Å². The summed E-state index contributed by atoms with van der Waals surface area (Å²) in [6, 6.07) is 5.99. The third-order valence-electron chi connectivity index (χ3n) is 2.17. The Morgan fingerprint density at radius 1 is 1.33 bits per heavy atom. The van der Waals surface area contributed by atoms with Crippen molar-refractivity contribution >= 4 is 21.6 Å². The highest BCUT2D eigenvalue weighted by molar-refractivity contribution is 7.16. The lowest BCUT2D eigenvalue weighted by molar-refractivity contribution is 0.308. The molecule has 0 fully saturated rings. The van der Waals surface area contributed by atoms with Crippen molar-refractivity contribution in [2.45, 2.75) is 12.8 Å². The maximum atomic E-state index is 5.61. The van der Waals surface area contributed by atoms with Gasteiger partial charge in [0.2, 0.25) is 0 Å². The van der Waals surface area contributed by atoms with Gasteiger partial charge in [0.25, 0.3) is 0 Å². The Morgan fingerprint density at radius 2 is 2.27 bits per heavy atom. The number of unbranched alkanes of at least 4 members (excludes halogenated alkanes) is 1. The van der Waals surface area contributed by atoms with E-state index in [1.165, 1.54) is 4.70 Å². The summed E-state index contributed by atoms with van der Waals surface area (Å²) >= 11 is 1.63. The van der Waals surface area contributed by atoms with Gasteiger partial charge in [-0.1, -0.05) is 0 Å². The zero-order chi connectivity index (χ0) is 10.5. The number of aromatic nitrogens is 1. The van der Waals surface area contributed by atoms with Crippen LogP contribution in [0.25, 0.3) is 10.2 Å². The Bertz CT molecular complexity index is 427. The van der Waals surface area contributed by atoms with Gasteiger partial charge in [-0.2, -0.15) is 0 Å². The van der Waals surface area contributed by atoms with Crippen molar-refractivity contribution in [3.63, 3.8) is 0 Å². The molecule has 0 saturated heterocycles. The largest absolute Gasteiger partial charge is 0.494 e. The molecule has 0 atom stereocenters. The molecule has 15 heavy (non-hydrogen) atoms. The van der Waals surface area contributed by atoms with E-state index in [1.54, 1.807) is 11.3 Å². The van der Waals surface area contributed by atoms with Crippen LogP contribution < -0.4 is 10.5 Å². The number of thiazole rings is 1. The van der Waals surface area contributed by atoms with Crippen LogP contribution >= 0.6 is 11.3 Å². The van der Waals surface area contributed by atoms with Crippen molar-refractivity contribution in [2.75, 3.05) is 13.2 Å². The van der Waals surface area contributed by atoms with E-state index in [0.29, 0.717) is 0 Å². The summed E-state index contributed by atoms with van der Waals surface area (Å²) in [7, 11) is 0. The summed E-state index contributed by atoms with van der Waals surface area (Å²) < 4.78 is 6.78. The van der Waals surface area contributed by atoms with Crippen LogP contribution in [0.4, 0.5) is 0 Å². The molecule has 1 aromatic carbocycles. The molecule has 1 aromatic heterocycles. The highest BCUT2D eigenvalue weighted by atomic mass is 32.1. The zero-order valence-corrected chi connectivity index (χ0v) is 9.30. The molecular weight excluding hydrogens is 208 g/mol. The molecule has 0 unspecified atom stereocenters. The van der Waals surface area contributed by atoms with E-state index < -0.39 is 0 Å². The topological polar surface area (TPSA) is 48.1 Å². The molecular formula is C11H14N2OS. The smallest absolute Gasteiger partial charge is 0.120 e. The second-order valence-electron chi connectivity index (χ2n) is 3.33. The quantitative estimate of drug-likeness (QED) is 0.790. The molecule has 4 heteroatoms. The van der Waals surface area contributed by atoms with Gasteiger partial charge in [-0.15, -0.1) is 11.3 Å². The zero-order valence-electron chi connectivity index (χ0n) is 8.48. The van der Waals surface area contributed by atoms with E-state index in [2.05, 4.69) is 4.98 Å². The minimum absolute atomic E-state index is 0.733. The lowest BCUT2D eigenvalue weighted by Crippen LogP contribution is -2.03. The molecule has 2 N–H and O–H groups in total. The van der Waals surface area contributed by atoms with Gasteiger partial charge >= 0.3 is 0 Å². The number of nitrogens with zero attached hydrogens (tertiary/aromatic N) is 1. The molecule has 1 heterocycles. The summed E-state index contributed by atoms with van der Waals surface area (Å²) in [5.41, 5.74) is 8.29. The maximum absolute atomic E-state index is 5.61. The molecule has 0 spiro atoms. The first kappa shape index (κ1) is 10.4. The van der Waals surface area contributed by atoms with E-state index in [4.69, 9.17) is 10.5 Å². The number of hydrogen-bond acceptors (Lipinski definition) is 4. The number of fused-ring (bicyclic) bond motifs is 1. The van der Waals surface area contributed by atoms with Crippen LogP contribution in [0.15, 0.2) is 23.7 Å². The van der Waals surface area contributed by atoms with E-state index in [9.17, 15) is 0 Å². The van der Waals surface area contributed by atoms with Gasteiger partial charge in [-0.25, -0.2) is 4.98 Å². The fourth-order valence-corrected chi connectivity index (χ4v) is 2.07. The van der Waals surface area contributed by atoms with Gasteiger partial charge < -0.3 is 10.5 Å². The fourth-order valence-electron chi connectivity index (χ4n) is 1.36. The molecule has 0 aliphatic carbocycles. The summed E-state index contributed by atoms with van der Waals surface area (Å²) in [6.45, 7) is 1.47. The fraction of sp³-hybridized carbons (Fsp3) is 0.364. The van der Waals surface area contributed by atoms with Crippen LogP contribution in [0, 0.1) is 0 Å².